The fourth-order valence-electron chi connectivity index (χ4n) is 6.15. The Morgan fingerprint density at radius 1 is 1.12 bits per heavy atom. The van der Waals surface area contributed by atoms with E-state index in [1.165, 1.54) is 13.0 Å². The normalized spacial score (nSPS) is 31.0. The van der Waals surface area contributed by atoms with Crippen molar-refractivity contribution >= 4 is 23.7 Å². The van der Waals surface area contributed by atoms with Gasteiger partial charge in [-0.05, 0) is 63.3 Å². The highest BCUT2D eigenvalue weighted by atomic mass is 16.6. The lowest BCUT2D eigenvalue weighted by atomic mass is 9.87. The van der Waals surface area contributed by atoms with Gasteiger partial charge in [-0.15, -0.1) is 0 Å². The van der Waals surface area contributed by atoms with E-state index in [2.05, 4.69) is 23.6 Å². The maximum Gasteiger partial charge on any atom is 0.303 e. The molecule has 4 rings (SSSR count). The van der Waals surface area contributed by atoms with Crippen LogP contribution in [0.5, 0.6) is 0 Å². The highest BCUT2D eigenvalue weighted by Gasteiger charge is 2.58. The molecular formula is C36H49N3O9. The van der Waals surface area contributed by atoms with Gasteiger partial charge >= 0.3 is 5.97 Å². The number of nitrogens with two attached hydrogens (primary N) is 1. The van der Waals surface area contributed by atoms with Crippen LogP contribution in [0.2, 0.25) is 0 Å². The largest absolute Gasteiger partial charge is 0.459 e. The van der Waals surface area contributed by atoms with E-state index in [9.17, 15) is 24.3 Å². The number of epoxide rings is 1. The van der Waals surface area contributed by atoms with Gasteiger partial charge in [0.2, 0.25) is 17.7 Å². The molecule has 1 aromatic carbocycles. The predicted molar refractivity (Wildman–Crippen MR) is 177 cm³/mol. The van der Waals surface area contributed by atoms with Crippen molar-refractivity contribution in [2.24, 2.45) is 11.7 Å². The third-order valence-electron chi connectivity index (χ3n) is 9.06. The van der Waals surface area contributed by atoms with Crippen LogP contribution >= 0.6 is 0 Å². The summed E-state index contributed by atoms with van der Waals surface area (Å²) >= 11 is 0. The molecule has 3 amide bonds. The number of primary amides is 1. The Hall–Kier alpha value is -3.84. The molecule has 3 saturated heterocycles. The number of carbonyl (C=O) groups excluding carboxylic acids is 4. The highest BCUT2D eigenvalue weighted by molar-refractivity contribution is 5.92. The Labute approximate surface area is 282 Å². The number of amides is 3. The standard InChI is InChI=1S/C36H49N3O9/c1-21(6-13-30-22(2)16-29(24(4)47-30)39-32(41)15-8-23(3)46-25(5)40)7-14-31-34(43)36(20-45-36)18-28(48-31)17-33(42)38-19-26-9-11-27(12-10-26)35(37)44/h6-12,14-15,22-24,28-31,34,43H,13,16-20H2,1-5H3,(H2,37,44)(H,38,42)(H,39,41)/b14-7+,15-8?,21-6+/t22-,23?,24+,28+,29+,30-,31+,34+,36+/m0/s1. The second-order valence-electron chi connectivity index (χ2n) is 13.2. The smallest absolute Gasteiger partial charge is 0.303 e. The number of allylic oxidation sites excluding steroid dienone is 2. The SMILES string of the molecule is CC(=O)OC(C)C=CC(=O)N[C@@H]1C[C@H](C)[C@H](C/C=C(C)/C=C/[C@H]2O[C@H](CC(=O)NCc3ccc(C(N)=O)cc3)C[C@@]3(CO3)[C@@H]2O)O[C@@H]1C. The van der Waals surface area contributed by atoms with Gasteiger partial charge in [-0.25, -0.2) is 0 Å². The molecule has 12 heteroatoms. The molecule has 0 aliphatic carbocycles. The molecule has 3 fully saturated rings. The lowest BCUT2D eigenvalue weighted by Gasteiger charge is -2.39. The van der Waals surface area contributed by atoms with E-state index in [0.717, 1.165) is 17.6 Å². The number of nitrogens with one attached hydrogen (secondary N) is 2. The number of rotatable bonds is 13. The van der Waals surface area contributed by atoms with Gasteiger partial charge in [-0.2, -0.15) is 0 Å². The van der Waals surface area contributed by atoms with Gasteiger partial charge in [0.05, 0.1) is 37.4 Å². The number of benzene rings is 1. The molecule has 262 valence electrons. The first-order chi connectivity index (χ1) is 22.7. The summed E-state index contributed by atoms with van der Waals surface area (Å²) in [6.07, 6.45) is 8.11. The summed E-state index contributed by atoms with van der Waals surface area (Å²) in [4.78, 5) is 47.5. The maximum absolute atomic E-state index is 12.7. The summed E-state index contributed by atoms with van der Waals surface area (Å²) in [5.74, 6) is -1.16. The van der Waals surface area contributed by atoms with Crippen molar-refractivity contribution in [1.29, 1.82) is 0 Å². The van der Waals surface area contributed by atoms with Crippen LogP contribution in [0.1, 0.15) is 76.2 Å². The Kier molecular flexibility index (Phi) is 12.7. The van der Waals surface area contributed by atoms with Crippen molar-refractivity contribution in [2.45, 2.75) is 115 Å². The van der Waals surface area contributed by atoms with Crippen molar-refractivity contribution in [1.82, 2.24) is 10.6 Å². The molecule has 0 aromatic heterocycles. The van der Waals surface area contributed by atoms with Gasteiger partial charge in [0.1, 0.15) is 23.9 Å². The van der Waals surface area contributed by atoms with E-state index in [0.29, 0.717) is 31.6 Å². The number of ether oxygens (including phenoxy) is 4. The molecule has 12 nitrogen and oxygen atoms in total. The van der Waals surface area contributed by atoms with E-state index in [4.69, 9.17) is 24.7 Å². The Morgan fingerprint density at radius 3 is 2.48 bits per heavy atom. The summed E-state index contributed by atoms with van der Waals surface area (Å²) in [5.41, 5.74) is 6.80. The lowest BCUT2D eigenvalue weighted by Crippen LogP contribution is -2.50. The number of aliphatic hydroxyl groups is 1. The van der Waals surface area contributed by atoms with Crippen molar-refractivity contribution in [3.8, 4) is 0 Å². The van der Waals surface area contributed by atoms with Crippen LogP contribution < -0.4 is 16.4 Å². The minimum Gasteiger partial charge on any atom is -0.459 e. The van der Waals surface area contributed by atoms with Crippen LogP contribution in [-0.4, -0.2) is 83.7 Å². The fourth-order valence-corrected chi connectivity index (χ4v) is 6.15. The summed E-state index contributed by atoms with van der Waals surface area (Å²) < 4.78 is 23.1. The zero-order valence-electron chi connectivity index (χ0n) is 28.3. The van der Waals surface area contributed by atoms with Crippen LogP contribution in [0.15, 0.2) is 60.2 Å². The molecule has 5 N–H and O–H groups in total. The van der Waals surface area contributed by atoms with Crippen LogP contribution in [0.3, 0.4) is 0 Å². The molecule has 3 aliphatic heterocycles. The van der Waals surface area contributed by atoms with Gasteiger partial charge in [0.25, 0.3) is 0 Å². The van der Waals surface area contributed by atoms with Gasteiger partial charge < -0.3 is 40.4 Å². The third kappa shape index (κ3) is 10.6. The minimum atomic E-state index is -0.848. The van der Waals surface area contributed by atoms with Crippen molar-refractivity contribution in [3.63, 3.8) is 0 Å². The third-order valence-corrected chi connectivity index (χ3v) is 9.06. The molecule has 0 saturated carbocycles. The first kappa shape index (κ1) is 37.0. The first-order valence-electron chi connectivity index (χ1n) is 16.5. The van der Waals surface area contributed by atoms with Crippen LogP contribution in [0, 0.1) is 5.92 Å². The van der Waals surface area contributed by atoms with E-state index < -0.39 is 41.9 Å². The Bertz CT molecular complexity index is 1400. The van der Waals surface area contributed by atoms with Crippen molar-refractivity contribution in [2.75, 3.05) is 6.61 Å². The number of carbonyl (C=O) groups is 4. The van der Waals surface area contributed by atoms with Crippen LogP contribution in [0.4, 0.5) is 0 Å². The zero-order chi connectivity index (χ0) is 35.0. The quantitative estimate of drug-likeness (QED) is 0.107. The van der Waals surface area contributed by atoms with Crippen molar-refractivity contribution < 1.29 is 43.2 Å². The lowest BCUT2D eigenvalue weighted by molar-refractivity contribution is -0.145. The second kappa shape index (κ2) is 16.5. The molecule has 48 heavy (non-hydrogen) atoms. The monoisotopic (exact) mass is 667 g/mol. The molecule has 9 atom stereocenters. The Balaban J connectivity index is 1.25. The molecular weight excluding hydrogens is 618 g/mol. The zero-order valence-corrected chi connectivity index (χ0v) is 28.3. The molecule has 1 spiro atoms. The van der Waals surface area contributed by atoms with E-state index in [1.54, 1.807) is 37.3 Å². The van der Waals surface area contributed by atoms with Gasteiger partial charge in [0.15, 0.2) is 0 Å². The van der Waals surface area contributed by atoms with Crippen LogP contribution in [0.25, 0.3) is 0 Å². The van der Waals surface area contributed by atoms with E-state index in [-0.39, 0.29) is 42.4 Å². The fraction of sp³-hybridized carbons (Fsp3) is 0.556. The number of hydrogen-bond donors (Lipinski definition) is 4. The van der Waals surface area contributed by atoms with Gasteiger partial charge in [0, 0.05) is 31.5 Å². The van der Waals surface area contributed by atoms with Crippen LogP contribution in [-0.2, 0) is 39.9 Å². The second-order valence-corrected chi connectivity index (χ2v) is 13.2. The van der Waals surface area contributed by atoms with E-state index in [1.807, 2.05) is 26.0 Å². The number of esters is 1. The van der Waals surface area contributed by atoms with E-state index >= 15 is 0 Å². The van der Waals surface area contributed by atoms with Gasteiger partial charge in [-0.3, -0.25) is 19.2 Å². The highest BCUT2D eigenvalue weighted by Crippen LogP contribution is 2.43. The number of hydrogen-bond acceptors (Lipinski definition) is 9. The first-order valence-corrected chi connectivity index (χ1v) is 16.5. The average Bonchev–Trinajstić information content (AvgIpc) is 3.80. The minimum absolute atomic E-state index is 0.0281. The Morgan fingerprint density at radius 2 is 1.83 bits per heavy atom. The average molecular weight is 668 g/mol. The van der Waals surface area contributed by atoms with Crippen molar-refractivity contribution in [3.05, 3.63) is 71.3 Å². The molecule has 1 aromatic rings. The summed E-state index contributed by atoms with van der Waals surface area (Å²) in [7, 11) is 0. The predicted octanol–water partition coefficient (Wildman–Crippen LogP) is 2.78. The topological polar surface area (TPSA) is 179 Å². The molecule has 1 unspecified atom stereocenters. The molecule has 0 bridgehead atoms. The summed E-state index contributed by atoms with van der Waals surface area (Å²) in [5, 5.41) is 16.9. The molecule has 3 aliphatic rings. The summed E-state index contributed by atoms with van der Waals surface area (Å²) in [6, 6.07) is 6.59. The number of aliphatic hydroxyl groups excluding tert-OH is 1. The molecule has 3 heterocycles. The van der Waals surface area contributed by atoms with Gasteiger partial charge in [-0.1, -0.05) is 42.9 Å². The summed E-state index contributed by atoms with van der Waals surface area (Å²) in [6.45, 7) is 9.75. The maximum atomic E-state index is 12.7. The molecule has 0 radical (unpaired) electrons.